The second-order valence-electron chi connectivity index (χ2n) is 9.48. The fourth-order valence-electron chi connectivity index (χ4n) is 5.19. The van der Waals surface area contributed by atoms with E-state index < -0.39 is 5.69 Å². The summed E-state index contributed by atoms with van der Waals surface area (Å²) in [6, 6.07) is 1.93. The van der Waals surface area contributed by atoms with E-state index in [4.69, 9.17) is 0 Å². The molecule has 33 heavy (non-hydrogen) atoms. The van der Waals surface area contributed by atoms with Crippen molar-refractivity contribution in [2.24, 2.45) is 11.8 Å². The van der Waals surface area contributed by atoms with Crippen LogP contribution in [0.1, 0.15) is 64.7 Å². The monoisotopic (exact) mass is 474 g/mol. The Hall–Kier alpha value is -2.42. The maximum absolute atomic E-state index is 13.3. The summed E-state index contributed by atoms with van der Waals surface area (Å²) >= 11 is 1.31. The number of nitrogens with one attached hydrogen (secondary N) is 2. The summed E-state index contributed by atoms with van der Waals surface area (Å²) in [6.07, 6.45) is 8.27. The van der Waals surface area contributed by atoms with Gasteiger partial charge in [-0.05, 0) is 62.3 Å². The summed E-state index contributed by atoms with van der Waals surface area (Å²) in [5.41, 5.74) is -0.167. The molecular formula is C24H34N4O4S. The highest BCUT2D eigenvalue weighted by Gasteiger charge is 2.28. The van der Waals surface area contributed by atoms with Crippen LogP contribution in [-0.4, -0.2) is 33.5 Å². The van der Waals surface area contributed by atoms with Crippen molar-refractivity contribution in [2.45, 2.75) is 83.8 Å². The van der Waals surface area contributed by atoms with E-state index in [0.717, 1.165) is 57.8 Å². The van der Waals surface area contributed by atoms with Gasteiger partial charge in [-0.1, -0.05) is 19.8 Å². The average molecular weight is 475 g/mol. The quantitative estimate of drug-likeness (QED) is 0.614. The van der Waals surface area contributed by atoms with E-state index in [-0.39, 0.29) is 41.8 Å². The number of aromatic nitrogens is 2. The Kier molecular flexibility index (Phi) is 7.67. The van der Waals surface area contributed by atoms with E-state index in [0.29, 0.717) is 23.3 Å². The number of thiophene rings is 1. The minimum Gasteiger partial charge on any atom is -0.356 e. The first kappa shape index (κ1) is 23.7. The van der Waals surface area contributed by atoms with Crippen molar-refractivity contribution in [2.75, 3.05) is 6.54 Å². The zero-order valence-corrected chi connectivity index (χ0v) is 20.1. The maximum atomic E-state index is 13.3. The summed E-state index contributed by atoms with van der Waals surface area (Å²) in [5, 5.41) is 7.80. The summed E-state index contributed by atoms with van der Waals surface area (Å²) in [5.74, 6) is 0.118. The highest BCUT2D eigenvalue weighted by atomic mass is 32.1. The van der Waals surface area contributed by atoms with Crippen LogP contribution in [-0.2, 0) is 22.7 Å². The van der Waals surface area contributed by atoms with Crippen molar-refractivity contribution in [1.82, 2.24) is 19.8 Å². The zero-order chi connectivity index (χ0) is 23.4. The molecule has 2 aliphatic carbocycles. The molecule has 8 nitrogen and oxygen atoms in total. The highest BCUT2D eigenvalue weighted by molar-refractivity contribution is 7.17. The Morgan fingerprint density at radius 1 is 1.06 bits per heavy atom. The van der Waals surface area contributed by atoms with E-state index in [9.17, 15) is 19.2 Å². The molecule has 4 rings (SSSR count). The molecule has 2 aromatic rings. The van der Waals surface area contributed by atoms with Gasteiger partial charge in [0.15, 0.2) is 0 Å². The molecule has 0 radical (unpaired) electrons. The lowest BCUT2D eigenvalue weighted by Gasteiger charge is -2.28. The van der Waals surface area contributed by atoms with Crippen LogP contribution < -0.4 is 21.9 Å². The van der Waals surface area contributed by atoms with Gasteiger partial charge in [-0.25, -0.2) is 4.79 Å². The minimum absolute atomic E-state index is 0.0141. The van der Waals surface area contributed by atoms with E-state index in [1.807, 2.05) is 6.92 Å². The molecular weight excluding hydrogens is 440 g/mol. The number of fused-ring (bicyclic) bond motifs is 1. The SMILES string of the molecule is CCCNC(=O)C1CCC(Cn2c(=O)c3sccc3n(CC(=O)NC3CCCC3)c2=O)CC1. The number of hydrogen-bond donors (Lipinski definition) is 2. The van der Waals surface area contributed by atoms with Crippen molar-refractivity contribution >= 4 is 33.4 Å². The molecule has 2 aliphatic rings. The molecule has 2 aromatic heterocycles. The van der Waals surface area contributed by atoms with Gasteiger partial charge in [0.05, 0.1) is 5.52 Å². The molecule has 0 atom stereocenters. The Bertz CT molecular complexity index is 1100. The maximum Gasteiger partial charge on any atom is 0.332 e. The van der Waals surface area contributed by atoms with Gasteiger partial charge in [-0.3, -0.25) is 23.5 Å². The van der Waals surface area contributed by atoms with Crippen LogP contribution in [0.25, 0.3) is 10.2 Å². The second kappa shape index (κ2) is 10.7. The highest BCUT2D eigenvalue weighted by Crippen LogP contribution is 2.30. The third kappa shape index (κ3) is 5.39. The van der Waals surface area contributed by atoms with Crippen LogP contribution in [0.3, 0.4) is 0 Å². The predicted molar refractivity (Wildman–Crippen MR) is 129 cm³/mol. The molecule has 2 saturated carbocycles. The van der Waals surface area contributed by atoms with Gasteiger partial charge in [0.2, 0.25) is 11.8 Å². The van der Waals surface area contributed by atoms with Gasteiger partial charge >= 0.3 is 5.69 Å². The lowest BCUT2D eigenvalue weighted by Crippen LogP contribution is -2.44. The normalized spacial score (nSPS) is 21.4. The molecule has 2 N–H and O–H groups in total. The Balaban J connectivity index is 1.49. The summed E-state index contributed by atoms with van der Waals surface area (Å²) in [7, 11) is 0. The first-order valence-electron chi connectivity index (χ1n) is 12.3. The number of carbonyl (C=O) groups is 2. The van der Waals surface area contributed by atoms with Crippen molar-refractivity contribution in [1.29, 1.82) is 0 Å². The standard InChI is InChI=1S/C24H34N4O4S/c1-2-12-25-22(30)17-9-7-16(8-10-17)14-28-23(31)21-19(11-13-33-21)27(24(28)32)15-20(29)26-18-5-3-4-6-18/h11,13,16-18H,2-10,12,14-15H2,1H3,(H,25,30)(H,26,29). The lowest BCUT2D eigenvalue weighted by molar-refractivity contribution is -0.126. The second-order valence-corrected chi connectivity index (χ2v) is 10.4. The van der Waals surface area contributed by atoms with Crippen LogP contribution in [0.5, 0.6) is 0 Å². The fraction of sp³-hybridized carbons (Fsp3) is 0.667. The minimum atomic E-state index is -0.421. The predicted octanol–water partition coefficient (Wildman–Crippen LogP) is 2.62. The van der Waals surface area contributed by atoms with E-state index in [1.165, 1.54) is 20.5 Å². The van der Waals surface area contributed by atoms with Gasteiger partial charge in [0.1, 0.15) is 11.2 Å². The Labute approximate surface area is 197 Å². The third-order valence-electron chi connectivity index (χ3n) is 7.07. The molecule has 2 amide bonds. The molecule has 0 aliphatic heterocycles. The topological polar surface area (TPSA) is 102 Å². The third-order valence-corrected chi connectivity index (χ3v) is 7.96. The van der Waals surface area contributed by atoms with Crippen molar-refractivity contribution < 1.29 is 9.59 Å². The molecule has 180 valence electrons. The first-order chi connectivity index (χ1) is 16.0. The molecule has 0 aromatic carbocycles. The molecule has 9 heteroatoms. The van der Waals surface area contributed by atoms with Crippen molar-refractivity contribution in [3.05, 3.63) is 32.3 Å². The molecule has 0 unspecified atom stereocenters. The summed E-state index contributed by atoms with van der Waals surface area (Å²) in [4.78, 5) is 51.3. The fourth-order valence-corrected chi connectivity index (χ4v) is 6.04. The number of carbonyl (C=O) groups excluding carboxylic acids is 2. The molecule has 2 heterocycles. The van der Waals surface area contributed by atoms with Gasteiger partial charge in [-0.2, -0.15) is 0 Å². The number of nitrogens with zero attached hydrogens (tertiary/aromatic N) is 2. The van der Waals surface area contributed by atoms with Crippen LogP contribution in [0.15, 0.2) is 21.0 Å². The van der Waals surface area contributed by atoms with E-state index in [2.05, 4.69) is 10.6 Å². The summed E-state index contributed by atoms with van der Waals surface area (Å²) in [6.45, 7) is 2.99. The van der Waals surface area contributed by atoms with Crippen LogP contribution in [0.2, 0.25) is 0 Å². The zero-order valence-electron chi connectivity index (χ0n) is 19.3. The van der Waals surface area contributed by atoms with E-state index in [1.54, 1.807) is 11.4 Å². The average Bonchev–Trinajstić information content (AvgIpc) is 3.50. The van der Waals surface area contributed by atoms with Gasteiger partial charge in [0, 0.05) is 25.0 Å². The lowest BCUT2D eigenvalue weighted by atomic mass is 9.81. The van der Waals surface area contributed by atoms with Crippen molar-refractivity contribution in [3.63, 3.8) is 0 Å². The number of hydrogen-bond acceptors (Lipinski definition) is 5. The van der Waals surface area contributed by atoms with Gasteiger partial charge < -0.3 is 10.6 Å². The molecule has 2 fully saturated rings. The van der Waals surface area contributed by atoms with Gasteiger partial charge in [-0.15, -0.1) is 11.3 Å². The number of rotatable bonds is 8. The summed E-state index contributed by atoms with van der Waals surface area (Å²) < 4.78 is 3.27. The first-order valence-corrected chi connectivity index (χ1v) is 13.1. The van der Waals surface area contributed by atoms with Gasteiger partial charge in [0.25, 0.3) is 5.56 Å². The molecule has 0 saturated heterocycles. The van der Waals surface area contributed by atoms with Crippen LogP contribution >= 0.6 is 11.3 Å². The van der Waals surface area contributed by atoms with Crippen LogP contribution in [0.4, 0.5) is 0 Å². The van der Waals surface area contributed by atoms with Crippen molar-refractivity contribution in [3.8, 4) is 0 Å². The van der Waals surface area contributed by atoms with E-state index >= 15 is 0 Å². The number of amides is 2. The van der Waals surface area contributed by atoms with Crippen LogP contribution in [0, 0.1) is 11.8 Å². The molecule has 0 spiro atoms. The Morgan fingerprint density at radius 2 is 1.79 bits per heavy atom. The smallest absolute Gasteiger partial charge is 0.332 e. The molecule has 0 bridgehead atoms. The Morgan fingerprint density at radius 3 is 2.48 bits per heavy atom. The largest absolute Gasteiger partial charge is 0.356 e.